The summed E-state index contributed by atoms with van der Waals surface area (Å²) in [4.78, 5) is 16.7. The van der Waals surface area contributed by atoms with Gasteiger partial charge in [0.2, 0.25) is 0 Å². The van der Waals surface area contributed by atoms with E-state index >= 15 is 0 Å². The van der Waals surface area contributed by atoms with Crippen LogP contribution in [-0.2, 0) is 4.79 Å². The van der Waals surface area contributed by atoms with Crippen molar-refractivity contribution in [1.29, 1.82) is 0 Å². The molecule has 0 saturated heterocycles. The highest BCUT2D eigenvalue weighted by molar-refractivity contribution is 6.30. The largest absolute Gasteiger partial charge is 0.489 e. The van der Waals surface area contributed by atoms with Crippen molar-refractivity contribution >= 4 is 29.1 Å². The quantitative estimate of drug-likeness (QED) is 0.706. The Kier molecular flexibility index (Phi) is 6.68. The summed E-state index contributed by atoms with van der Waals surface area (Å²) in [6.45, 7) is 3.52. The molecule has 150 valence electrons. The molecule has 2 aromatic rings. The molecule has 0 atom stereocenters. The van der Waals surface area contributed by atoms with Gasteiger partial charge in [-0.15, -0.1) is 0 Å². The van der Waals surface area contributed by atoms with Crippen LogP contribution in [0.5, 0.6) is 11.5 Å². The SMILES string of the molecule is CC(C)(Oc1ccc(Cl)cc1)C(=O)NC1CCC(Oc2cncc(Cl)c2)CC1. The third kappa shape index (κ3) is 5.76. The molecule has 28 heavy (non-hydrogen) atoms. The molecule has 1 amide bonds. The highest BCUT2D eigenvalue weighted by atomic mass is 35.5. The first-order valence-electron chi connectivity index (χ1n) is 9.34. The van der Waals surface area contributed by atoms with Crippen molar-refractivity contribution in [2.45, 2.75) is 57.3 Å². The molecule has 1 N–H and O–H groups in total. The van der Waals surface area contributed by atoms with Gasteiger partial charge in [-0.3, -0.25) is 9.78 Å². The van der Waals surface area contributed by atoms with Crippen LogP contribution in [0.3, 0.4) is 0 Å². The van der Waals surface area contributed by atoms with Crippen molar-refractivity contribution in [2.24, 2.45) is 0 Å². The zero-order valence-corrected chi connectivity index (χ0v) is 17.5. The van der Waals surface area contributed by atoms with Crippen LogP contribution in [0.4, 0.5) is 0 Å². The molecular formula is C21H24Cl2N2O3. The third-order valence-electron chi connectivity index (χ3n) is 4.73. The predicted octanol–water partition coefficient (Wildman–Crippen LogP) is 5.05. The molecule has 1 fully saturated rings. The fourth-order valence-electron chi connectivity index (χ4n) is 3.18. The monoisotopic (exact) mass is 422 g/mol. The molecule has 0 aliphatic heterocycles. The summed E-state index contributed by atoms with van der Waals surface area (Å²) in [5, 5.41) is 4.29. The molecule has 5 nitrogen and oxygen atoms in total. The number of benzene rings is 1. The zero-order valence-electron chi connectivity index (χ0n) is 16.0. The van der Waals surface area contributed by atoms with Gasteiger partial charge in [0.15, 0.2) is 5.60 Å². The summed E-state index contributed by atoms with van der Waals surface area (Å²) in [6, 6.07) is 8.86. The molecule has 0 bridgehead atoms. The number of carbonyl (C=O) groups is 1. The number of amides is 1. The lowest BCUT2D eigenvalue weighted by Gasteiger charge is -2.32. The van der Waals surface area contributed by atoms with Gasteiger partial charge in [-0.25, -0.2) is 0 Å². The molecule has 1 aromatic carbocycles. The number of hydrogen-bond donors (Lipinski definition) is 1. The maximum absolute atomic E-state index is 12.7. The molecule has 0 unspecified atom stereocenters. The number of pyridine rings is 1. The van der Waals surface area contributed by atoms with Crippen LogP contribution in [0.25, 0.3) is 0 Å². The van der Waals surface area contributed by atoms with Crippen LogP contribution in [-0.4, -0.2) is 28.6 Å². The van der Waals surface area contributed by atoms with E-state index in [0.717, 1.165) is 25.7 Å². The number of aromatic nitrogens is 1. The third-order valence-corrected chi connectivity index (χ3v) is 5.18. The Morgan fingerprint density at radius 3 is 2.36 bits per heavy atom. The van der Waals surface area contributed by atoms with Crippen molar-refractivity contribution < 1.29 is 14.3 Å². The minimum atomic E-state index is -0.979. The normalized spacial score (nSPS) is 19.7. The van der Waals surface area contributed by atoms with Crippen molar-refractivity contribution in [3.05, 3.63) is 52.8 Å². The van der Waals surface area contributed by atoms with Crippen molar-refractivity contribution in [3.8, 4) is 11.5 Å². The number of ether oxygens (including phenoxy) is 2. The van der Waals surface area contributed by atoms with Crippen LogP contribution in [0, 0.1) is 0 Å². The Labute approximate surface area is 175 Å². The second-order valence-electron chi connectivity index (χ2n) is 7.47. The summed E-state index contributed by atoms with van der Waals surface area (Å²) in [5.74, 6) is 1.15. The first-order chi connectivity index (χ1) is 13.3. The van der Waals surface area contributed by atoms with Gasteiger partial charge in [-0.05, 0) is 63.8 Å². The summed E-state index contributed by atoms with van der Waals surface area (Å²) < 4.78 is 11.8. The van der Waals surface area contributed by atoms with Crippen molar-refractivity contribution in [3.63, 3.8) is 0 Å². The predicted molar refractivity (Wildman–Crippen MR) is 110 cm³/mol. The van der Waals surface area contributed by atoms with Gasteiger partial charge in [-0.1, -0.05) is 23.2 Å². The van der Waals surface area contributed by atoms with E-state index < -0.39 is 5.60 Å². The number of hydrogen-bond acceptors (Lipinski definition) is 4. The summed E-state index contributed by atoms with van der Waals surface area (Å²) >= 11 is 11.8. The Hall–Kier alpha value is -1.98. The maximum atomic E-state index is 12.7. The maximum Gasteiger partial charge on any atom is 0.263 e. The van der Waals surface area contributed by atoms with Crippen molar-refractivity contribution in [1.82, 2.24) is 10.3 Å². The second-order valence-corrected chi connectivity index (χ2v) is 8.34. The number of rotatable bonds is 6. The molecule has 3 rings (SSSR count). The molecule has 1 aromatic heterocycles. The van der Waals surface area contributed by atoms with Crippen LogP contribution >= 0.6 is 23.2 Å². The number of nitrogens with zero attached hydrogens (tertiary/aromatic N) is 1. The van der Waals surface area contributed by atoms with E-state index in [1.165, 1.54) is 0 Å². The summed E-state index contributed by atoms with van der Waals surface area (Å²) in [6.07, 6.45) is 6.76. The van der Waals surface area contributed by atoms with Crippen LogP contribution in [0.2, 0.25) is 10.0 Å². The van der Waals surface area contributed by atoms with E-state index in [-0.39, 0.29) is 18.1 Å². The molecule has 0 radical (unpaired) electrons. The minimum absolute atomic E-state index is 0.103. The lowest BCUT2D eigenvalue weighted by molar-refractivity contribution is -0.135. The molecule has 0 spiro atoms. The fourth-order valence-corrected chi connectivity index (χ4v) is 3.47. The van der Waals surface area contributed by atoms with Crippen molar-refractivity contribution in [2.75, 3.05) is 0 Å². The smallest absolute Gasteiger partial charge is 0.263 e. The lowest BCUT2D eigenvalue weighted by Crippen LogP contribution is -2.51. The Morgan fingerprint density at radius 2 is 1.71 bits per heavy atom. The highest BCUT2D eigenvalue weighted by Crippen LogP contribution is 2.26. The van der Waals surface area contributed by atoms with Gasteiger partial charge >= 0.3 is 0 Å². The van der Waals surface area contributed by atoms with Crippen LogP contribution < -0.4 is 14.8 Å². The van der Waals surface area contributed by atoms with E-state index in [9.17, 15) is 4.79 Å². The number of nitrogens with one attached hydrogen (secondary N) is 1. The molecule has 1 saturated carbocycles. The van der Waals surface area contributed by atoms with E-state index in [2.05, 4.69) is 10.3 Å². The first kappa shape index (κ1) is 20.7. The van der Waals surface area contributed by atoms with Gasteiger partial charge in [0, 0.05) is 23.3 Å². The second kappa shape index (κ2) is 9.01. The average Bonchev–Trinajstić information content (AvgIpc) is 2.65. The van der Waals surface area contributed by atoms with Crippen LogP contribution in [0.15, 0.2) is 42.7 Å². The summed E-state index contributed by atoms with van der Waals surface area (Å²) in [5.41, 5.74) is -0.979. The minimum Gasteiger partial charge on any atom is -0.489 e. The average molecular weight is 423 g/mol. The number of halogens is 2. The highest BCUT2D eigenvalue weighted by Gasteiger charge is 2.33. The zero-order chi connectivity index (χ0) is 20.1. The standard InChI is InChI=1S/C21H24Cl2N2O3/c1-21(2,28-18-7-3-14(22)4-8-18)20(26)25-16-5-9-17(10-6-16)27-19-11-15(23)12-24-13-19/h3-4,7-8,11-13,16-17H,5-6,9-10H2,1-2H3,(H,25,26). The van der Waals surface area contributed by atoms with Gasteiger partial charge < -0.3 is 14.8 Å². The topological polar surface area (TPSA) is 60.5 Å². The molecular weight excluding hydrogens is 399 g/mol. The van der Waals surface area contributed by atoms with E-state index in [1.807, 2.05) is 0 Å². The molecule has 7 heteroatoms. The Morgan fingerprint density at radius 1 is 1.04 bits per heavy atom. The Bertz CT molecular complexity index is 804. The van der Waals surface area contributed by atoms with Gasteiger partial charge in [0.05, 0.1) is 17.3 Å². The lowest BCUT2D eigenvalue weighted by atomic mass is 9.92. The van der Waals surface area contributed by atoms with E-state index in [1.54, 1.807) is 56.6 Å². The molecule has 1 aliphatic carbocycles. The number of carbonyl (C=O) groups excluding carboxylic acids is 1. The Balaban J connectivity index is 1.48. The van der Waals surface area contributed by atoms with Gasteiger partial charge in [-0.2, -0.15) is 0 Å². The molecule has 1 aliphatic rings. The van der Waals surface area contributed by atoms with E-state index in [4.69, 9.17) is 32.7 Å². The first-order valence-corrected chi connectivity index (χ1v) is 10.1. The molecule has 1 heterocycles. The van der Waals surface area contributed by atoms with Gasteiger partial charge in [0.25, 0.3) is 5.91 Å². The fraction of sp³-hybridized carbons (Fsp3) is 0.429. The van der Waals surface area contributed by atoms with Crippen LogP contribution in [0.1, 0.15) is 39.5 Å². The summed E-state index contributed by atoms with van der Waals surface area (Å²) in [7, 11) is 0. The van der Waals surface area contributed by atoms with Gasteiger partial charge in [0.1, 0.15) is 11.5 Å². The van der Waals surface area contributed by atoms with E-state index in [0.29, 0.717) is 21.5 Å².